The number of nitrogens with one attached hydrogen (secondary N) is 2. The van der Waals surface area contributed by atoms with E-state index in [1.165, 1.54) is 6.92 Å². The van der Waals surface area contributed by atoms with Crippen LogP contribution in [0.4, 0.5) is 5.82 Å². The first-order chi connectivity index (χ1) is 11.5. The largest absolute Gasteiger partial charge is 0.497 e. The molecule has 24 heavy (non-hydrogen) atoms. The average molecular weight is 392 g/mol. The maximum atomic E-state index is 12.2. The van der Waals surface area contributed by atoms with Crippen LogP contribution in [0.5, 0.6) is 5.75 Å². The molecule has 0 aliphatic rings. The first kappa shape index (κ1) is 17.9. The number of carbonyl (C=O) groups is 2. The molecular formula is C17H18BrN3O3. The fourth-order valence-electron chi connectivity index (χ4n) is 2.16. The van der Waals surface area contributed by atoms with Crippen LogP contribution in [0.2, 0.25) is 0 Å². The second kappa shape index (κ2) is 8.44. The van der Waals surface area contributed by atoms with E-state index in [0.29, 0.717) is 11.6 Å². The summed E-state index contributed by atoms with van der Waals surface area (Å²) in [5, 5.41) is 5.51. The molecule has 2 N–H and O–H groups in total. The standard InChI is InChI=1S/C17H18BrN3O3/c1-11(22)20-15(12-3-6-14(24-2)7-4-12)9-17(23)21-16-8-5-13(18)10-19-16/h3-8,10,15H,9H2,1-2H3,(H,20,22)(H,19,21,23). The summed E-state index contributed by atoms with van der Waals surface area (Å²) in [5.74, 6) is 0.730. The van der Waals surface area contributed by atoms with Crippen molar-refractivity contribution < 1.29 is 14.3 Å². The Morgan fingerprint density at radius 1 is 1.21 bits per heavy atom. The number of hydrogen-bond acceptors (Lipinski definition) is 4. The molecule has 0 radical (unpaired) electrons. The van der Waals surface area contributed by atoms with E-state index in [2.05, 4.69) is 31.5 Å². The number of halogens is 1. The summed E-state index contributed by atoms with van der Waals surface area (Å²) in [6.07, 6.45) is 1.70. The number of benzene rings is 1. The van der Waals surface area contributed by atoms with E-state index in [4.69, 9.17) is 4.74 Å². The molecule has 0 aliphatic heterocycles. The maximum Gasteiger partial charge on any atom is 0.227 e. The molecule has 0 spiro atoms. The fraction of sp³-hybridized carbons (Fsp3) is 0.235. The number of aromatic nitrogens is 1. The normalized spacial score (nSPS) is 11.5. The molecule has 1 unspecified atom stereocenters. The van der Waals surface area contributed by atoms with Gasteiger partial charge in [0.05, 0.1) is 19.6 Å². The second-order valence-electron chi connectivity index (χ2n) is 5.14. The Morgan fingerprint density at radius 3 is 2.46 bits per heavy atom. The highest BCUT2D eigenvalue weighted by Crippen LogP contribution is 2.21. The van der Waals surface area contributed by atoms with E-state index in [-0.39, 0.29) is 18.2 Å². The monoisotopic (exact) mass is 391 g/mol. The molecule has 0 bridgehead atoms. The fourth-order valence-corrected chi connectivity index (χ4v) is 2.40. The van der Waals surface area contributed by atoms with Crippen LogP contribution in [0.15, 0.2) is 47.1 Å². The van der Waals surface area contributed by atoms with Crippen LogP contribution in [0, 0.1) is 0 Å². The van der Waals surface area contributed by atoms with Crippen molar-refractivity contribution in [2.45, 2.75) is 19.4 Å². The minimum atomic E-state index is -0.427. The number of pyridine rings is 1. The zero-order valence-electron chi connectivity index (χ0n) is 13.4. The molecule has 1 atom stereocenters. The van der Waals surface area contributed by atoms with Crippen molar-refractivity contribution in [3.8, 4) is 5.75 Å². The molecule has 1 heterocycles. The van der Waals surface area contributed by atoms with Gasteiger partial charge in [-0.05, 0) is 45.8 Å². The third-order valence-electron chi connectivity index (χ3n) is 3.28. The van der Waals surface area contributed by atoms with Crippen LogP contribution in [0.25, 0.3) is 0 Å². The highest BCUT2D eigenvalue weighted by molar-refractivity contribution is 9.10. The molecular weight excluding hydrogens is 374 g/mol. The number of methoxy groups -OCH3 is 1. The minimum Gasteiger partial charge on any atom is -0.497 e. The third kappa shape index (κ3) is 5.34. The van der Waals surface area contributed by atoms with E-state index in [1.807, 2.05) is 12.1 Å². The number of hydrogen-bond donors (Lipinski definition) is 2. The summed E-state index contributed by atoms with van der Waals surface area (Å²) in [5.41, 5.74) is 0.824. The minimum absolute atomic E-state index is 0.101. The molecule has 0 fully saturated rings. The third-order valence-corrected chi connectivity index (χ3v) is 3.75. The maximum absolute atomic E-state index is 12.2. The van der Waals surface area contributed by atoms with Gasteiger partial charge in [-0.15, -0.1) is 0 Å². The SMILES string of the molecule is COc1ccc(C(CC(=O)Nc2ccc(Br)cn2)NC(C)=O)cc1. The summed E-state index contributed by atoms with van der Waals surface area (Å²) in [7, 11) is 1.58. The van der Waals surface area contributed by atoms with Gasteiger partial charge < -0.3 is 15.4 Å². The van der Waals surface area contributed by atoms with Crippen molar-refractivity contribution in [1.82, 2.24) is 10.3 Å². The first-order valence-electron chi connectivity index (χ1n) is 7.30. The lowest BCUT2D eigenvalue weighted by Crippen LogP contribution is -2.29. The summed E-state index contributed by atoms with van der Waals surface area (Å²) in [4.78, 5) is 27.8. The lowest BCUT2D eigenvalue weighted by molar-refractivity contribution is -0.120. The van der Waals surface area contributed by atoms with Crippen molar-refractivity contribution in [1.29, 1.82) is 0 Å². The summed E-state index contributed by atoms with van der Waals surface area (Å²) in [6, 6.07) is 10.3. The van der Waals surface area contributed by atoms with E-state index >= 15 is 0 Å². The van der Waals surface area contributed by atoms with Gasteiger partial charge in [-0.25, -0.2) is 4.98 Å². The lowest BCUT2D eigenvalue weighted by Gasteiger charge is -2.18. The van der Waals surface area contributed by atoms with Crippen LogP contribution in [0.1, 0.15) is 24.9 Å². The van der Waals surface area contributed by atoms with Gasteiger partial charge in [0.25, 0.3) is 0 Å². The van der Waals surface area contributed by atoms with Gasteiger partial charge >= 0.3 is 0 Å². The van der Waals surface area contributed by atoms with Gasteiger partial charge in [-0.1, -0.05) is 12.1 Å². The second-order valence-corrected chi connectivity index (χ2v) is 6.06. The van der Waals surface area contributed by atoms with E-state index in [1.54, 1.807) is 37.6 Å². The summed E-state index contributed by atoms with van der Waals surface area (Å²) >= 11 is 3.29. The average Bonchev–Trinajstić information content (AvgIpc) is 2.56. The highest BCUT2D eigenvalue weighted by atomic mass is 79.9. The molecule has 0 aliphatic carbocycles. The Labute approximate surface area is 148 Å². The summed E-state index contributed by atoms with van der Waals surface area (Å²) in [6.45, 7) is 1.42. The molecule has 126 valence electrons. The predicted molar refractivity (Wildman–Crippen MR) is 94.7 cm³/mol. The Hall–Kier alpha value is -2.41. The van der Waals surface area contributed by atoms with Crippen molar-refractivity contribution >= 4 is 33.6 Å². The molecule has 2 amide bonds. The molecule has 7 heteroatoms. The number of carbonyl (C=O) groups excluding carboxylic acids is 2. The molecule has 1 aromatic heterocycles. The molecule has 0 saturated carbocycles. The number of rotatable bonds is 6. The Morgan fingerprint density at radius 2 is 1.92 bits per heavy atom. The van der Waals surface area contributed by atoms with Gasteiger partial charge in [-0.3, -0.25) is 9.59 Å². The quantitative estimate of drug-likeness (QED) is 0.792. The van der Waals surface area contributed by atoms with Gasteiger partial charge in [0, 0.05) is 17.6 Å². The molecule has 2 aromatic rings. The number of ether oxygens (including phenoxy) is 1. The van der Waals surface area contributed by atoms with Gasteiger partial charge in [0.2, 0.25) is 11.8 Å². The Balaban J connectivity index is 2.08. The topological polar surface area (TPSA) is 80.3 Å². The zero-order valence-corrected chi connectivity index (χ0v) is 15.0. The zero-order chi connectivity index (χ0) is 17.5. The number of anilines is 1. The Kier molecular flexibility index (Phi) is 6.31. The molecule has 6 nitrogen and oxygen atoms in total. The van der Waals surface area contributed by atoms with Gasteiger partial charge in [-0.2, -0.15) is 0 Å². The van der Waals surface area contributed by atoms with Crippen LogP contribution >= 0.6 is 15.9 Å². The van der Waals surface area contributed by atoms with E-state index < -0.39 is 6.04 Å². The number of nitrogens with zero attached hydrogens (tertiary/aromatic N) is 1. The van der Waals surface area contributed by atoms with E-state index in [0.717, 1.165) is 10.0 Å². The van der Waals surface area contributed by atoms with Crippen molar-refractivity contribution in [3.05, 3.63) is 52.6 Å². The summed E-state index contributed by atoms with van der Waals surface area (Å²) < 4.78 is 5.95. The van der Waals surface area contributed by atoms with Gasteiger partial charge in [0.1, 0.15) is 11.6 Å². The number of amides is 2. The highest BCUT2D eigenvalue weighted by Gasteiger charge is 2.17. The van der Waals surface area contributed by atoms with Crippen LogP contribution < -0.4 is 15.4 Å². The molecule has 1 aromatic carbocycles. The molecule has 0 saturated heterocycles. The van der Waals surface area contributed by atoms with Crippen molar-refractivity contribution in [3.63, 3.8) is 0 Å². The lowest BCUT2D eigenvalue weighted by atomic mass is 10.0. The molecule has 2 rings (SSSR count). The van der Waals surface area contributed by atoms with Crippen LogP contribution in [0.3, 0.4) is 0 Å². The van der Waals surface area contributed by atoms with Gasteiger partial charge in [0.15, 0.2) is 0 Å². The van der Waals surface area contributed by atoms with Crippen LogP contribution in [-0.4, -0.2) is 23.9 Å². The predicted octanol–water partition coefficient (Wildman–Crippen LogP) is 3.06. The smallest absolute Gasteiger partial charge is 0.227 e. The van der Waals surface area contributed by atoms with Crippen LogP contribution in [-0.2, 0) is 9.59 Å². The van der Waals surface area contributed by atoms with Crippen molar-refractivity contribution in [2.24, 2.45) is 0 Å². The van der Waals surface area contributed by atoms with E-state index in [9.17, 15) is 9.59 Å². The first-order valence-corrected chi connectivity index (χ1v) is 8.09. The Bertz CT molecular complexity index is 702. The van der Waals surface area contributed by atoms with Crippen molar-refractivity contribution in [2.75, 3.05) is 12.4 Å².